The van der Waals surface area contributed by atoms with Crippen LogP contribution < -0.4 is 24.3 Å². The first-order valence-corrected chi connectivity index (χ1v) is 15.2. The number of rotatable bonds is 8. The zero-order valence-electron chi connectivity index (χ0n) is 24.8. The maximum atomic E-state index is 14.1. The van der Waals surface area contributed by atoms with Gasteiger partial charge in [0, 0.05) is 33.8 Å². The van der Waals surface area contributed by atoms with Crippen molar-refractivity contribution in [2.75, 3.05) is 28.4 Å². The molecule has 1 fully saturated rings. The number of carbonyl (C=O) groups excluding carboxylic acids is 2. The molecular weight excluding hydrogens is 602 g/mol. The van der Waals surface area contributed by atoms with Gasteiger partial charge < -0.3 is 29.0 Å². The van der Waals surface area contributed by atoms with Crippen LogP contribution in [0.15, 0.2) is 57.3 Å². The van der Waals surface area contributed by atoms with Crippen molar-refractivity contribution in [3.8, 4) is 23.0 Å². The highest BCUT2D eigenvalue weighted by molar-refractivity contribution is 9.10. The second-order valence-corrected chi connectivity index (χ2v) is 11.9. The lowest BCUT2D eigenvalue weighted by Crippen LogP contribution is -2.37. The summed E-state index contributed by atoms with van der Waals surface area (Å²) in [6.07, 6.45) is 5.74. The van der Waals surface area contributed by atoms with Gasteiger partial charge in [-0.1, -0.05) is 28.4 Å². The Hall–Kier alpha value is -3.46. The molecule has 224 valence electrons. The minimum Gasteiger partial charge on any atom is -0.493 e. The van der Waals surface area contributed by atoms with E-state index in [1.165, 1.54) is 0 Å². The van der Waals surface area contributed by atoms with Crippen molar-refractivity contribution >= 4 is 27.7 Å². The number of Topliss-reactive ketones (excluding diaryl/α,β-unsaturated/α-hetero) is 1. The van der Waals surface area contributed by atoms with Crippen molar-refractivity contribution in [1.29, 1.82) is 0 Å². The number of dihydropyridines is 1. The second-order valence-electron chi connectivity index (χ2n) is 11.0. The van der Waals surface area contributed by atoms with Crippen LogP contribution in [-0.2, 0) is 14.3 Å². The zero-order valence-corrected chi connectivity index (χ0v) is 26.4. The number of methoxy groups -OCH3 is 4. The molecule has 1 N–H and O–H groups in total. The number of benzene rings is 2. The van der Waals surface area contributed by atoms with Crippen LogP contribution in [0.4, 0.5) is 0 Å². The maximum absolute atomic E-state index is 14.1. The van der Waals surface area contributed by atoms with Gasteiger partial charge in [0.1, 0.15) is 6.10 Å². The van der Waals surface area contributed by atoms with Crippen LogP contribution in [0.3, 0.4) is 0 Å². The van der Waals surface area contributed by atoms with Crippen molar-refractivity contribution in [3.63, 3.8) is 0 Å². The van der Waals surface area contributed by atoms with Crippen LogP contribution in [-0.4, -0.2) is 46.3 Å². The van der Waals surface area contributed by atoms with Gasteiger partial charge in [-0.15, -0.1) is 0 Å². The Balaban J connectivity index is 1.58. The molecule has 3 aliphatic rings. The van der Waals surface area contributed by atoms with Crippen LogP contribution in [0.2, 0.25) is 0 Å². The molecule has 2 aromatic rings. The second kappa shape index (κ2) is 12.8. The van der Waals surface area contributed by atoms with E-state index >= 15 is 0 Å². The molecule has 1 aliphatic heterocycles. The highest BCUT2D eigenvalue weighted by Gasteiger charge is 2.43. The summed E-state index contributed by atoms with van der Waals surface area (Å²) in [5, 5.41) is 3.45. The summed E-state index contributed by atoms with van der Waals surface area (Å²) in [6, 6.07) is 9.44. The molecule has 2 atom stereocenters. The lowest BCUT2D eigenvalue weighted by molar-refractivity contribution is -0.146. The number of esters is 1. The number of nitrogens with one attached hydrogen (secondary N) is 1. The third kappa shape index (κ3) is 5.76. The highest BCUT2D eigenvalue weighted by atomic mass is 79.9. The Labute approximate surface area is 255 Å². The average molecular weight is 641 g/mol. The molecule has 0 aromatic heterocycles. The van der Waals surface area contributed by atoms with Gasteiger partial charge in [0.15, 0.2) is 28.8 Å². The van der Waals surface area contributed by atoms with Gasteiger partial charge >= 0.3 is 5.97 Å². The maximum Gasteiger partial charge on any atom is 0.337 e. The third-order valence-corrected chi connectivity index (χ3v) is 9.25. The van der Waals surface area contributed by atoms with Crippen LogP contribution in [0.25, 0.3) is 0 Å². The minimum absolute atomic E-state index is 0.0225. The molecule has 0 spiro atoms. The van der Waals surface area contributed by atoms with Crippen LogP contribution in [0, 0.1) is 0 Å². The van der Waals surface area contributed by atoms with Crippen LogP contribution in [0.1, 0.15) is 74.8 Å². The first-order chi connectivity index (χ1) is 20.3. The van der Waals surface area contributed by atoms with E-state index in [-0.39, 0.29) is 23.8 Å². The van der Waals surface area contributed by atoms with Gasteiger partial charge in [0.25, 0.3) is 0 Å². The number of hydrogen-bond acceptors (Lipinski definition) is 8. The first kappa shape index (κ1) is 30.0. The Morgan fingerprint density at radius 3 is 2.17 bits per heavy atom. The summed E-state index contributed by atoms with van der Waals surface area (Å²) in [5.74, 6) is 1.21. The molecule has 1 heterocycles. The van der Waals surface area contributed by atoms with E-state index in [4.69, 9.17) is 23.7 Å². The van der Waals surface area contributed by atoms with Gasteiger partial charge in [-0.3, -0.25) is 4.79 Å². The molecule has 42 heavy (non-hydrogen) atoms. The summed E-state index contributed by atoms with van der Waals surface area (Å²) in [7, 11) is 6.35. The normalized spacial score (nSPS) is 21.0. The standard InChI is InChI=1S/C33H38BrNO7/c1-18-30(33(37)42-21-9-7-6-8-10-21)31(22-16-28(40-4)29(41-5)17-23(22)34)32-24(35-18)13-20(14-25(32)36)19-11-12-26(38-2)27(15-19)39-3/h11-12,15-17,20-21,31,35H,6-10,13-14H2,1-5H3/t20-,31+/m0/s1. The summed E-state index contributed by atoms with van der Waals surface area (Å²) >= 11 is 3.71. The number of allylic oxidation sites excluding steroid dienone is 3. The first-order valence-electron chi connectivity index (χ1n) is 14.4. The fourth-order valence-electron chi connectivity index (χ4n) is 6.45. The number of ether oxygens (including phenoxy) is 5. The summed E-state index contributed by atoms with van der Waals surface area (Å²) in [5.41, 5.74) is 4.26. The minimum atomic E-state index is -0.634. The molecule has 0 radical (unpaired) electrons. The van der Waals surface area contributed by atoms with Crippen molar-refractivity contribution in [1.82, 2.24) is 5.32 Å². The number of carbonyl (C=O) groups is 2. The molecule has 1 saturated carbocycles. The topological polar surface area (TPSA) is 92.3 Å². The zero-order chi connectivity index (χ0) is 30.0. The molecule has 8 nitrogen and oxygen atoms in total. The van der Waals surface area contributed by atoms with E-state index < -0.39 is 5.92 Å². The Morgan fingerprint density at radius 1 is 0.857 bits per heavy atom. The van der Waals surface area contributed by atoms with E-state index in [0.717, 1.165) is 48.9 Å². The molecule has 0 amide bonds. The van der Waals surface area contributed by atoms with Crippen LogP contribution in [0.5, 0.6) is 23.0 Å². The molecule has 2 aliphatic carbocycles. The highest BCUT2D eigenvalue weighted by Crippen LogP contribution is 2.49. The predicted octanol–water partition coefficient (Wildman–Crippen LogP) is 6.72. The van der Waals surface area contributed by atoms with Crippen molar-refractivity contribution in [2.24, 2.45) is 0 Å². The Morgan fingerprint density at radius 2 is 1.50 bits per heavy atom. The lowest BCUT2D eigenvalue weighted by Gasteiger charge is -2.37. The smallest absolute Gasteiger partial charge is 0.337 e. The van der Waals surface area contributed by atoms with Crippen LogP contribution >= 0.6 is 15.9 Å². The van der Waals surface area contributed by atoms with Gasteiger partial charge in [0.2, 0.25) is 0 Å². The van der Waals surface area contributed by atoms with E-state index in [2.05, 4.69) is 21.2 Å². The third-order valence-electron chi connectivity index (χ3n) is 8.57. The molecule has 9 heteroatoms. The summed E-state index contributed by atoms with van der Waals surface area (Å²) in [4.78, 5) is 28.0. The van der Waals surface area contributed by atoms with Gasteiger partial charge in [0.05, 0.1) is 34.0 Å². The largest absolute Gasteiger partial charge is 0.493 e. The fraction of sp³-hybridized carbons (Fsp3) is 0.455. The average Bonchev–Trinajstić information content (AvgIpc) is 3.00. The van der Waals surface area contributed by atoms with Crippen molar-refractivity contribution in [3.05, 3.63) is 68.5 Å². The van der Waals surface area contributed by atoms with Gasteiger partial charge in [-0.2, -0.15) is 0 Å². The molecule has 0 bridgehead atoms. The number of hydrogen-bond donors (Lipinski definition) is 1. The lowest BCUT2D eigenvalue weighted by atomic mass is 9.71. The molecule has 2 aromatic carbocycles. The quantitative estimate of drug-likeness (QED) is 0.318. The number of ketones is 1. The SMILES string of the molecule is COc1ccc([C@@H]2CC(=O)C3=C(C2)NC(C)=C(C(=O)OC2CCCCC2)[C@H]3c2cc(OC)c(OC)cc2Br)cc1OC. The summed E-state index contributed by atoms with van der Waals surface area (Å²) in [6.45, 7) is 1.88. The fourth-order valence-corrected chi connectivity index (χ4v) is 7.00. The van der Waals surface area contributed by atoms with Crippen molar-refractivity contribution < 1.29 is 33.3 Å². The predicted molar refractivity (Wildman–Crippen MR) is 162 cm³/mol. The van der Waals surface area contributed by atoms with E-state index in [1.54, 1.807) is 28.4 Å². The monoisotopic (exact) mass is 639 g/mol. The Kier molecular flexibility index (Phi) is 9.16. The Bertz CT molecular complexity index is 1440. The molecular formula is C33H38BrNO7. The molecule has 0 saturated heterocycles. The molecule has 0 unspecified atom stereocenters. The van der Waals surface area contributed by atoms with E-state index in [0.29, 0.717) is 57.2 Å². The molecule has 5 rings (SSSR count). The van der Waals surface area contributed by atoms with Gasteiger partial charge in [-0.05, 0) is 80.3 Å². The van der Waals surface area contributed by atoms with E-state index in [9.17, 15) is 9.59 Å². The van der Waals surface area contributed by atoms with Gasteiger partial charge in [-0.25, -0.2) is 4.79 Å². The number of halogens is 1. The summed E-state index contributed by atoms with van der Waals surface area (Å²) < 4.78 is 28.9. The van der Waals surface area contributed by atoms with Crippen molar-refractivity contribution in [2.45, 2.75) is 69.8 Å². The van der Waals surface area contributed by atoms with E-state index in [1.807, 2.05) is 37.3 Å².